The summed E-state index contributed by atoms with van der Waals surface area (Å²) in [6.45, 7) is -0.619. The lowest BCUT2D eigenvalue weighted by Gasteiger charge is -2.39. The van der Waals surface area contributed by atoms with Crippen LogP contribution in [0.4, 0.5) is 13.2 Å². The first kappa shape index (κ1) is 24.6. The van der Waals surface area contributed by atoms with Crippen molar-refractivity contribution >= 4 is 11.8 Å². The lowest BCUT2D eigenvalue weighted by Crippen LogP contribution is -2.50. The summed E-state index contributed by atoms with van der Waals surface area (Å²) in [5.41, 5.74) is -0.890. The Balaban J connectivity index is 1.52. The molecule has 1 aliphatic carbocycles. The van der Waals surface area contributed by atoms with E-state index in [2.05, 4.69) is 10.6 Å². The zero-order valence-electron chi connectivity index (χ0n) is 19.7. The molecule has 0 saturated heterocycles. The minimum absolute atomic E-state index is 0.0124. The Morgan fingerprint density at radius 2 is 1.76 bits per heavy atom. The predicted octanol–water partition coefficient (Wildman–Crippen LogP) is 4.00. The average molecular weight is 512 g/mol. The molecule has 5 rings (SSSR count). The van der Waals surface area contributed by atoms with Gasteiger partial charge in [-0.2, -0.15) is 0 Å². The van der Waals surface area contributed by atoms with E-state index < -0.39 is 46.8 Å². The molecule has 2 amide bonds. The summed E-state index contributed by atoms with van der Waals surface area (Å²) in [5.74, 6) is -5.03. The summed E-state index contributed by atoms with van der Waals surface area (Å²) in [4.78, 5) is 39.6. The average Bonchev–Trinajstić information content (AvgIpc) is 2.87. The molecule has 2 aromatic carbocycles. The van der Waals surface area contributed by atoms with Gasteiger partial charge in [0.2, 0.25) is 5.43 Å². The summed E-state index contributed by atoms with van der Waals surface area (Å²) >= 11 is 0. The van der Waals surface area contributed by atoms with Gasteiger partial charge < -0.3 is 19.9 Å². The standard InChI is InChI=1S/C27H24F3N3O4/c28-16-10-19(29)17(20(30)11-16)12-31-26(35)18-13-33-22-9-5-4-8-21(22)32-27(36)23(33)25(24(18)34)37-14-15-6-2-1-3-7-15/h1-3,6-7,10-11,13,21-22H,4-5,8-9,12,14H2,(H,31,35)(H,32,36)/t21-,22-/m1/s1. The number of nitrogens with zero attached hydrogens (tertiary/aromatic N) is 1. The highest BCUT2D eigenvalue weighted by atomic mass is 19.1. The number of hydrogen-bond acceptors (Lipinski definition) is 4. The topological polar surface area (TPSA) is 89.4 Å². The molecule has 192 valence electrons. The van der Waals surface area contributed by atoms with Gasteiger partial charge in [0, 0.05) is 36.5 Å². The number of carbonyl (C=O) groups is 2. The first-order valence-electron chi connectivity index (χ1n) is 12.0. The maximum Gasteiger partial charge on any atom is 0.272 e. The van der Waals surface area contributed by atoms with E-state index in [1.807, 2.05) is 6.07 Å². The van der Waals surface area contributed by atoms with E-state index >= 15 is 0 Å². The Labute approximate surface area is 210 Å². The highest BCUT2D eigenvalue weighted by molar-refractivity contribution is 5.99. The predicted molar refractivity (Wildman–Crippen MR) is 128 cm³/mol. The van der Waals surface area contributed by atoms with Crippen LogP contribution in [-0.2, 0) is 13.2 Å². The van der Waals surface area contributed by atoms with Gasteiger partial charge in [0.1, 0.15) is 29.6 Å². The van der Waals surface area contributed by atoms with Gasteiger partial charge in [-0.25, -0.2) is 13.2 Å². The second-order valence-corrected chi connectivity index (χ2v) is 9.19. The molecule has 0 unspecified atom stereocenters. The van der Waals surface area contributed by atoms with Gasteiger partial charge in [-0.3, -0.25) is 14.4 Å². The fraction of sp³-hybridized carbons (Fsp3) is 0.296. The molecule has 2 aliphatic rings. The van der Waals surface area contributed by atoms with Crippen LogP contribution in [0.15, 0.2) is 53.5 Å². The van der Waals surface area contributed by atoms with Crippen molar-refractivity contribution in [2.75, 3.05) is 0 Å². The molecule has 0 spiro atoms. The Kier molecular flexibility index (Phi) is 6.73. The molecule has 1 saturated carbocycles. The van der Waals surface area contributed by atoms with Crippen molar-refractivity contribution in [3.63, 3.8) is 0 Å². The molecule has 10 heteroatoms. The van der Waals surface area contributed by atoms with E-state index in [9.17, 15) is 27.6 Å². The van der Waals surface area contributed by atoms with Gasteiger partial charge in [0.15, 0.2) is 11.4 Å². The van der Waals surface area contributed by atoms with Gasteiger partial charge in [0.05, 0.1) is 6.04 Å². The number of nitrogens with one attached hydrogen (secondary N) is 2. The van der Waals surface area contributed by atoms with Crippen LogP contribution in [0.1, 0.15) is 63.7 Å². The van der Waals surface area contributed by atoms with Gasteiger partial charge in [0.25, 0.3) is 11.8 Å². The number of carbonyl (C=O) groups excluding carboxylic acids is 2. The quantitative estimate of drug-likeness (QED) is 0.524. The Morgan fingerprint density at radius 3 is 2.49 bits per heavy atom. The Bertz CT molecular complexity index is 1400. The van der Waals surface area contributed by atoms with Crippen molar-refractivity contribution < 1.29 is 27.5 Å². The third-order valence-corrected chi connectivity index (χ3v) is 6.81. The second-order valence-electron chi connectivity index (χ2n) is 9.19. The number of ether oxygens (including phenoxy) is 1. The van der Waals surface area contributed by atoms with Crippen molar-refractivity contribution in [1.29, 1.82) is 0 Å². The van der Waals surface area contributed by atoms with Crippen LogP contribution >= 0.6 is 0 Å². The van der Waals surface area contributed by atoms with E-state index in [0.29, 0.717) is 12.1 Å². The zero-order chi connectivity index (χ0) is 26.1. The normalized spacial score (nSPS) is 18.4. The molecule has 0 bridgehead atoms. The minimum Gasteiger partial charge on any atom is -0.483 e. The molecule has 37 heavy (non-hydrogen) atoms. The molecular weight excluding hydrogens is 487 g/mol. The first-order valence-corrected chi connectivity index (χ1v) is 12.0. The number of pyridine rings is 1. The third kappa shape index (κ3) is 4.83. The van der Waals surface area contributed by atoms with Crippen LogP contribution in [0.2, 0.25) is 0 Å². The lowest BCUT2D eigenvalue weighted by atomic mass is 9.87. The molecular formula is C27H24F3N3O4. The van der Waals surface area contributed by atoms with Crippen LogP contribution in [0.25, 0.3) is 0 Å². The maximum absolute atomic E-state index is 14.1. The van der Waals surface area contributed by atoms with Crippen molar-refractivity contribution in [2.45, 2.75) is 50.9 Å². The highest BCUT2D eigenvalue weighted by Gasteiger charge is 2.38. The van der Waals surface area contributed by atoms with Gasteiger partial charge in [-0.1, -0.05) is 43.2 Å². The zero-order valence-corrected chi connectivity index (χ0v) is 19.7. The fourth-order valence-corrected chi connectivity index (χ4v) is 4.97. The van der Waals surface area contributed by atoms with E-state index in [0.717, 1.165) is 31.2 Å². The minimum atomic E-state index is -1.16. The number of fused-ring (bicyclic) bond motifs is 3. The van der Waals surface area contributed by atoms with E-state index in [1.54, 1.807) is 28.8 Å². The summed E-state index contributed by atoms with van der Waals surface area (Å²) in [7, 11) is 0. The Hall–Kier alpha value is -4.08. The van der Waals surface area contributed by atoms with Crippen molar-refractivity contribution in [3.05, 3.63) is 98.7 Å². The smallest absolute Gasteiger partial charge is 0.272 e. The van der Waals surface area contributed by atoms with Crippen LogP contribution < -0.4 is 20.8 Å². The number of aromatic nitrogens is 1. The van der Waals surface area contributed by atoms with E-state index in [-0.39, 0.29) is 35.7 Å². The fourth-order valence-electron chi connectivity index (χ4n) is 4.97. The van der Waals surface area contributed by atoms with Crippen molar-refractivity contribution in [3.8, 4) is 5.75 Å². The summed E-state index contributed by atoms with van der Waals surface area (Å²) < 4.78 is 48.8. The number of amides is 2. The van der Waals surface area contributed by atoms with Crippen LogP contribution in [0.5, 0.6) is 5.75 Å². The van der Waals surface area contributed by atoms with Crippen molar-refractivity contribution in [2.24, 2.45) is 0 Å². The van der Waals surface area contributed by atoms with E-state index in [1.165, 1.54) is 6.20 Å². The largest absolute Gasteiger partial charge is 0.483 e. The van der Waals surface area contributed by atoms with Crippen LogP contribution in [-0.4, -0.2) is 22.4 Å². The highest BCUT2D eigenvalue weighted by Crippen LogP contribution is 2.35. The third-order valence-electron chi connectivity index (χ3n) is 6.81. The molecule has 1 aromatic heterocycles. The summed E-state index contributed by atoms with van der Waals surface area (Å²) in [5, 5.41) is 5.30. The summed E-state index contributed by atoms with van der Waals surface area (Å²) in [6, 6.07) is 9.71. The SMILES string of the molecule is O=C(NCc1c(F)cc(F)cc1F)c1cn2c(c(OCc3ccccc3)c1=O)C(=O)N[C@@H]1CCCC[C@H]12. The monoisotopic (exact) mass is 511 g/mol. The molecule has 1 aliphatic heterocycles. The maximum atomic E-state index is 14.1. The van der Waals surface area contributed by atoms with Crippen LogP contribution in [0.3, 0.4) is 0 Å². The van der Waals surface area contributed by atoms with Gasteiger partial charge in [-0.05, 0) is 18.4 Å². The first-order chi connectivity index (χ1) is 17.8. The molecule has 2 atom stereocenters. The Morgan fingerprint density at radius 1 is 1.05 bits per heavy atom. The molecule has 2 N–H and O–H groups in total. The summed E-state index contributed by atoms with van der Waals surface area (Å²) in [6.07, 6.45) is 4.66. The molecule has 2 heterocycles. The molecule has 7 nitrogen and oxygen atoms in total. The molecule has 1 fully saturated rings. The lowest BCUT2D eigenvalue weighted by molar-refractivity contribution is 0.0834. The van der Waals surface area contributed by atoms with Gasteiger partial charge in [-0.15, -0.1) is 0 Å². The molecule has 0 radical (unpaired) electrons. The van der Waals surface area contributed by atoms with E-state index in [4.69, 9.17) is 4.74 Å². The number of benzene rings is 2. The van der Waals surface area contributed by atoms with Crippen LogP contribution in [0, 0.1) is 17.5 Å². The van der Waals surface area contributed by atoms with Gasteiger partial charge >= 0.3 is 0 Å². The number of halogens is 3. The molecule has 3 aromatic rings. The number of rotatable bonds is 6. The van der Waals surface area contributed by atoms with Crippen molar-refractivity contribution in [1.82, 2.24) is 15.2 Å². The second kappa shape index (κ2) is 10.1. The number of hydrogen-bond donors (Lipinski definition) is 2.